The van der Waals surface area contributed by atoms with Crippen LogP contribution in [-0.2, 0) is 15.9 Å². The lowest BCUT2D eigenvalue weighted by molar-refractivity contribution is -0.289. The van der Waals surface area contributed by atoms with Gasteiger partial charge in [-0.15, -0.1) is 0 Å². The first kappa shape index (κ1) is 23.3. The van der Waals surface area contributed by atoms with E-state index in [4.69, 9.17) is 9.47 Å². The van der Waals surface area contributed by atoms with E-state index in [-0.39, 0.29) is 0 Å². The lowest BCUT2D eigenvalue weighted by Gasteiger charge is -2.53. The van der Waals surface area contributed by atoms with Gasteiger partial charge in [0.15, 0.2) is 5.79 Å². The van der Waals surface area contributed by atoms with Crippen molar-refractivity contribution in [2.45, 2.75) is 71.2 Å². The highest BCUT2D eigenvalue weighted by molar-refractivity contribution is 5.67. The zero-order valence-corrected chi connectivity index (χ0v) is 19.6. The molecule has 2 aromatic rings. The summed E-state index contributed by atoms with van der Waals surface area (Å²) in [5, 5.41) is 10.1. The molecule has 0 spiro atoms. The largest absolute Gasteiger partial charge is 0.465 e. The number of hydrogen-bond acceptors (Lipinski definition) is 3. The molecule has 0 atom stereocenters. The molecule has 5 nitrogen and oxygen atoms in total. The fourth-order valence-electron chi connectivity index (χ4n) is 4.27. The molecule has 31 heavy (non-hydrogen) atoms. The molecule has 1 amide bonds. The summed E-state index contributed by atoms with van der Waals surface area (Å²) in [5.74, 6) is -0.707. The summed E-state index contributed by atoms with van der Waals surface area (Å²) >= 11 is 0. The zero-order valence-electron chi connectivity index (χ0n) is 19.6. The molecule has 1 aliphatic rings. The average Bonchev–Trinajstić information content (AvgIpc) is 2.68. The normalized spacial score (nSPS) is 17.9. The predicted octanol–water partition coefficient (Wildman–Crippen LogP) is 5.89. The molecule has 0 aromatic heterocycles. The van der Waals surface area contributed by atoms with Crippen molar-refractivity contribution in [3.8, 4) is 11.1 Å². The summed E-state index contributed by atoms with van der Waals surface area (Å²) in [6, 6.07) is 17.0. The van der Waals surface area contributed by atoms with Crippen molar-refractivity contribution in [2.24, 2.45) is 0 Å². The first-order chi connectivity index (χ1) is 14.4. The summed E-state index contributed by atoms with van der Waals surface area (Å²) in [7, 11) is 0. The smallest absolute Gasteiger partial charge is 0.408 e. The molecule has 0 aliphatic carbocycles. The summed E-state index contributed by atoms with van der Waals surface area (Å²) in [5.41, 5.74) is 3.46. The predicted molar refractivity (Wildman–Crippen MR) is 123 cm³/mol. The SMILES string of the molecule is Cc1ccc(-c2ccc(CCC3(N(C(=O)O)C(C)(C)C)COC(C)(C)OC3)cc2)cc1. The minimum absolute atomic E-state index is 0.311. The molecule has 2 aromatic carbocycles. The molecule has 1 heterocycles. The Kier molecular flexibility index (Phi) is 6.49. The van der Waals surface area contributed by atoms with Gasteiger partial charge >= 0.3 is 6.09 Å². The Morgan fingerprint density at radius 2 is 1.45 bits per heavy atom. The van der Waals surface area contributed by atoms with E-state index in [2.05, 4.69) is 55.5 Å². The maximum absolute atomic E-state index is 12.3. The third-order valence-corrected chi connectivity index (χ3v) is 5.93. The molecule has 1 N–H and O–H groups in total. The van der Waals surface area contributed by atoms with E-state index in [1.807, 2.05) is 34.6 Å². The van der Waals surface area contributed by atoms with E-state index < -0.39 is 23.0 Å². The number of benzene rings is 2. The van der Waals surface area contributed by atoms with Gasteiger partial charge in [0.25, 0.3) is 0 Å². The van der Waals surface area contributed by atoms with Crippen LogP contribution in [0.1, 0.15) is 52.2 Å². The van der Waals surface area contributed by atoms with Gasteiger partial charge in [0, 0.05) is 5.54 Å². The topological polar surface area (TPSA) is 59.0 Å². The molecular weight excluding hydrogens is 390 g/mol. The van der Waals surface area contributed by atoms with Crippen LogP contribution in [0, 0.1) is 6.92 Å². The van der Waals surface area contributed by atoms with Crippen LogP contribution in [0.3, 0.4) is 0 Å². The van der Waals surface area contributed by atoms with Gasteiger partial charge in [-0.05, 0) is 71.1 Å². The Balaban J connectivity index is 1.80. The summed E-state index contributed by atoms with van der Waals surface area (Å²) in [4.78, 5) is 13.8. The van der Waals surface area contributed by atoms with Crippen molar-refractivity contribution in [3.63, 3.8) is 0 Å². The average molecular weight is 426 g/mol. The second-order valence-electron chi connectivity index (χ2n) is 10.1. The third-order valence-electron chi connectivity index (χ3n) is 5.93. The van der Waals surface area contributed by atoms with E-state index in [9.17, 15) is 9.90 Å². The molecule has 0 bridgehead atoms. The van der Waals surface area contributed by atoms with Crippen LogP contribution in [0.15, 0.2) is 48.5 Å². The number of rotatable bonds is 5. The van der Waals surface area contributed by atoms with Crippen molar-refractivity contribution in [1.82, 2.24) is 4.90 Å². The highest BCUT2D eigenvalue weighted by Gasteiger charge is 2.50. The maximum atomic E-state index is 12.3. The van der Waals surface area contributed by atoms with Gasteiger partial charge in [0.05, 0.1) is 18.8 Å². The number of carboxylic acid groups (broad SMARTS) is 1. The molecular formula is C26H35NO4. The first-order valence-corrected chi connectivity index (χ1v) is 10.9. The molecule has 1 saturated heterocycles. The molecule has 0 radical (unpaired) electrons. The Hall–Kier alpha value is -2.37. The van der Waals surface area contributed by atoms with Crippen molar-refractivity contribution in [1.29, 1.82) is 0 Å². The second kappa shape index (κ2) is 8.64. The van der Waals surface area contributed by atoms with E-state index >= 15 is 0 Å². The van der Waals surface area contributed by atoms with Gasteiger partial charge in [-0.2, -0.15) is 0 Å². The Morgan fingerprint density at radius 1 is 0.968 bits per heavy atom. The van der Waals surface area contributed by atoms with Gasteiger partial charge in [0.1, 0.15) is 0 Å². The molecule has 1 aliphatic heterocycles. The number of carbonyl (C=O) groups is 1. The van der Waals surface area contributed by atoms with Crippen LogP contribution in [0.5, 0.6) is 0 Å². The lowest BCUT2D eigenvalue weighted by Crippen LogP contribution is -2.67. The molecule has 0 unspecified atom stereocenters. The quantitative estimate of drug-likeness (QED) is 0.648. The van der Waals surface area contributed by atoms with Crippen LogP contribution >= 0.6 is 0 Å². The molecule has 5 heteroatoms. The molecule has 168 valence electrons. The Labute approximate surface area is 186 Å². The monoisotopic (exact) mass is 425 g/mol. The molecule has 3 rings (SSSR count). The van der Waals surface area contributed by atoms with Crippen LogP contribution in [-0.4, -0.2) is 46.2 Å². The van der Waals surface area contributed by atoms with Gasteiger partial charge < -0.3 is 14.6 Å². The lowest BCUT2D eigenvalue weighted by atomic mass is 9.86. The number of ether oxygens (including phenoxy) is 2. The van der Waals surface area contributed by atoms with Crippen LogP contribution in [0.4, 0.5) is 4.79 Å². The number of hydrogen-bond donors (Lipinski definition) is 1. The highest BCUT2D eigenvalue weighted by atomic mass is 16.7. The van der Waals surface area contributed by atoms with Crippen molar-refractivity contribution in [3.05, 3.63) is 59.7 Å². The van der Waals surface area contributed by atoms with E-state index in [1.165, 1.54) is 27.2 Å². The Morgan fingerprint density at radius 3 is 1.90 bits per heavy atom. The maximum Gasteiger partial charge on any atom is 0.408 e. The minimum atomic E-state index is -0.950. The Bertz CT molecular complexity index is 884. The van der Waals surface area contributed by atoms with E-state index in [0.29, 0.717) is 19.6 Å². The van der Waals surface area contributed by atoms with Crippen LogP contribution in [0.25, 0.3) is 11.1 Å². The van der Waals surface area contributed by atoms with Crippen molar-refractivity contribution < 1.29 is 19.4 Å². The summed E-state index contributed by atoms with van der Waals surface area (Å²) < 4.78 is 11.9. The van der Waals surface area contributed by atoms with Crippen molar-refractivity contribution in [2.75, 3.05) is 13.2 Å². The third kappa shape index (κ3) is 5.46. The van der Waals surface area contributed by atoms with Gasteiger partial charge in [-0.3, -0.25) is 4.90 Å². The minimum Gasteiger partial charge on any atom is -0.465 e. The summed E-state index contributed by atoms with van der Waals surface area (Å²) in [6.45, 7) is 12.2. The standard InChI is InChI=1S/C26H35NO4/c1-19-7-11-21(12-8-19)22-13-9-20(10-14-22)15-16-26(17-30-25(5,6)31-18-26)27(23(28)29)24(2,3)4/h7-14H,15-18H2,1-6H3,(H,28,29). The van der Waals surface area contributed by atoms with E-state index in [1.54, 1.807) is 0 Å². The molecule has 1 fully saturated rings. The summed E-state index contributed by atoms with van der Waals surface area (Å²) in [6.07, 6.45) is 0.409. The van der Waals surface area contributed by atoms with Crippen LogP contribution < -0.4 is 0 Å². The number of amides is 1. The highest BCUT2D eigenvalue weighted by Crippen LogP contribution is 2.36. The van der Waals surface area contributed by atoms with E-state index in [0.717, 1.165) is 6.42 Å². The fraction of sp³-hybridized carbons (Fsp3) is 0.500. The second-order valence-corrected chi connectivity index (χ2v) is 10.1. The van der Waals surface area contributed by atoms with Gasteiger partial charge in [0.2, 0.25) is 0 Å². The van der Waals surface area contributed by atoms with Gasteiger partial charge in [-0.25, -0.2) is 4.79 Å². The number of aryl methyl sites for hydroxylation is 2. The first-order valence-electron chi connectivity index (χ1n) is 10.9. The van der Waals surface area contributed by atoms with Crippen LogP contribution in [0.2, 0.25) is 0 Å². The van der Waals surface area contributed by atoms with Gasteiger partial charge in [-0.1, -0.05) is 54.1 Å². The zero-order chi connectivity index (χ0) is 22.9. The number of nitrogens with zero attached hydrogens (tertiary/aromatic N) is 1. The molecule has 0 saturated carbocycles. The van der Waals surface area contributed by atoms with Crippen molar-refractivity contribution >= 4 is 6.09 Å². The fourth-order valence-corrected chi connectivity index (χ4v) is 4.27.